The highest BCUT2D eigenvalue weighted by Crippen LogP contribution is 2.51. The molecule has 1 aliphatic rings. The molecular formula is C10H14F6N2O5S2. The van der Waals surface area contributed by atoms with Crippen LogP contribution in [0.2, 0.25) is 0 Å². The Morgan fingerprint density at radius 2 is 1.24 bits per heavy atom. The Kier molecular flexibility index (Phi) is 5.50. The number of nitrogens with zero attached hydrogens (tertiary/aromatic N) is 2. The first-order chi connectivity index (χ1) is 10.9. The van der Waals surface area contributed by atoms with E-state index >= 15 is 0 Å². The predicted octanol–water partition coefficient (Wildman–Crippen LogP) is 0.346. The maximum absolute atomic E-state index is 13.8. The zero-order valence-electron chi connectivity index (χ0n) is 12.8. The third kappa shape index (κ3) is 3.32. The van der Waals surface area contributed by atoms with Crippen molar-refractivity contribution in [2.24, 2.45) is 0 Å². The van der Waals surface area contributed by atoms with E-state index in [1.807, 2.05) is 0 Å². The summed E-state index contributed by atoms with van der Waals surface area (Å²) in [4.78, 5) is 12.1. The number of piperazine rings is 1. The largest absolute Gasteiger partial charge is 0.428 e. The second-order valence-electron chi connectivity index (χ2n) is 5.29. The first-order valence-corrected chi connectivity index (χ1v) is 9.82. The molecule has 0 spiro atoms. The summed E-state index contributed by atoms with van der Waals surface area (Å²) < 4.78 is 126. The highest BCUT2D eigenvalue weighted by atomic mass is 32.2. The Labute approximate surface area is 139 Å². The van der Waals surface area contributed by atoms with E-state index in [0.717, 1.165) is 11.8 Å². The highest BCUT2D eigenvalue weighted by molar-refractivity contribution is 7.92. The van der Waals surface area contributed by atoms with E-state index < -0.39 is 74.6 Å². The minimum atomic E-state index is -6.72. The standard InChI is InChI=1S/C10H14F6N2O5S2/c1-7(19)17-3-5-18(6-4-17)25(22,23)10(15,16)8(11,12)9(13,14)24(2,20)21/h3-6H2,1-2H3. The zero-order valence-corrected chi connectivity index (χ0v) is 14.5. The summed E-state index contributed by atoms with van der Waals surface area (Å²) in [6.07, 6.45) is -0.421. The van der Waals surface area contributed by atoms with Gasteiger partial charge < -0.3 is 4.90 Å². The van der Waals surface area contributed by atoms with E-state index in [9.17, 15) is 48.0 Å². The van der Waals surface area contributed by atoms with Crippen molar-refractivity contribution in [3.8, 4) is 0 Å². The molecule has 7 nitrogen and oxygen atoms in total. The molecule has 0 bridgehead atoms. The minimum absolute atomic E-state index is 0.182. The highest BCUT2D eigenvalue weighted by Gasteiger charge is 2.81. The first-order valence-electron chi connectivity index (χ1n) is 6.49. The molecule has 0 aromatic rings. The molecule has 0 atom stereocenters. The number of amides is 1. The van der Waals surface area contributed by atoms with E-state index in [-0.39, 0.29) is 4.31 Å². The fourth-order valence-corrected chi connectivity index (χ4v) is 4.05. The van der Waals surface area contributed by atoms with Crippen LogP contribution in [0.4, 0.5) is 26.3 Å². The van der Waals surface area contributed by atoms with Crippen molar-refractivity contribution in [1.82, 2.24) is 9.21 Å². The molecule has 0 saturated carbocycles. The molecule has 0 aliphatic carbocycles. The van der Waals surface area contributed by atoms with E-state index in [1.54, 1.807) is 0 Å². The zero-order chi connectivity index (χ0) is 20.1. The average molecular weight is 420 g/mol. The molecule has 1 heterocycles. The molecule has 0 aromatic carbocycles. The number of halogens is 6. The number of alkyl halides is 6. The van der Waals surface area contributed by atoms with Crippen LogP contribution in [0, 0.1) is 0 Å². The van der Waals surface area contributed by atoms with E-state index in [4.69, 9.17) is 0 Å². The van der Waals surface area contributed by atoms with Crippen LogP contribution in [-0.2, 0) is 24.7 Å². The third-order valence-corrected chi connectivity index (χ3v) is 6.68. The molecule has 1 fully saturated rings. The van der Waals surface area contributed by atoms with Crippen molar-refractivity contribution in [3.05, 3.63) is 0 Å². The maximum Gasteiger partial charge on any atom is 0.428 e. The van der Waals surface area contributed by atoms with Crippen LogP contribution in [0.15, 0.2) is 0 Å². The van der Waals surface area contributed by atoms with Crippen LogP contribution >= 0.6 is 0 Å². The number of carbonyl (C=O) groups is 1. The van der Waals surface area contributed by atoms with Gasteiger partial charge in [-0.3, -0.25) is 4.79 Å². The molecule has 1 amide bonds. The summed E-state index contributed by atoms with van der Waals surface area (Å²) in [7, 11) is -12.4. The molecular weight excluding hydrogens is 406 g/mol. The van der Waals surface area contributed by atoms with Crippen LogP contribution in [-0.4, -0.2) is 80.8 Å². The van der Waals surface area contributed by atoms with Crippen LogP contribution in [0.5, 0.6) is 0 Å². The van der Waals surface area contributed by atoms with Gasteiger partial charge in [-0.25, -0.2) is 16.8 Å². The smallest absolute Gasteiger partial charge is 0.340 e. The molecule has 0 unspecified atom stereocenters. The van der Waals surface area contributed by atoms with Gasteiger partial charge in [-0.2, -0.15) is 30.6 Å². The Balaban J connectivity index is 3.26. The maximum atomic E-state index is 13.8. The number of carbonyl (C=O) groups excluding carboxylic acids is 1. The second-order valence-corrected chi connectivity index (χ2v) is 9.33. The van der Waals surface area contributed by atoms with E-state index in [1.165, 1.54) is 0 Å². The second kappa shape index (κ2) is 6.26. The van der Waals surface area contributed by atoms with Crippen molar-refractivity contribution in [1.29, 1.82) is 0 Å². The van der Waals surface area contributed by atoms with Crippen molar-refractivity contribution in [2.75, 3.05) is 32.4 Å². The van der Waals surface area contributed by atoms with Gasteiger partial charge in [-0.1, -0.05) is 0 Å². The van der Waals surface area contributed by atoms with Gasteiger partial charge in [0.1, 0.15) is 0 Å². The number of hydrogen-bond donors (Lipinski definition) is 0. The number of hydrogen-bond acceptors (Lipinski definition) is 5. The molecule has 148 valence electrons. The summed E-state index contributed by atoms with van der Waals surface area (Å²) >= 11 is 0. The van der Waals surface area contributed by atoms with Crippen molar-refractivity contribution >= 4 is 25.8 Å². The Morgan fingerprint density at radius 1 is 0.840 bits per heavy atom. The lowest BCUT2D eigenvalue weighted by Gasteiger charge is -2.38. The summed E-state index contributed by atoms with van der Waals surface area (Å²) in [6.45, 7) is -1.41. The van der Waals surface area contributed by atoms with Gasteiger partial charge in [0, 0.05) is 39.4 Å². The van der Waals surface area contributed by atoms with Crippen molar-refractivity contribution in [2.45, 2.75) is 23.4 Å². The van der Waals surface area contributed by atoms with Gasteiger partial charge >= 0.3 is 16.4 Å². The lowest BCUT2D eigenvalue weighted by Crippen LogP contribution is -2.64. The van der Waals surface area contributed by atoms with Gasteiger partial charge in [-0.15, -0.1) is 0 Å². The number of rotatable bonds is 5. The molecule has 0 N–H and O–H groups in total. The topological polar surface area (TPSA) is 91.8 Å². The summed E-state index contributed by atoms with van der Waals surface area (Å²) in [5, 5.41) is -12.7. The Bertz CT molecular complexity index is 744. The average Bonchev–Trinajstić information content (AvgIpc) is 2.45. The molecule has 1 aliphatic heterocycles. The minimum Gasteiger partial charge on any atom is -0.340 e. The fourth-order valence-electron chi connectivity index (χ4n) is 1.97. The van der Waals surface area contributed by atoms with Crippen molar-refractivity contribution < 1.29 is 48.0 Å². The Morgan fingerprint density at radius 3 is 1.56 bits per heavy atom. The molecule has 1 saturated heterocycles. The first kappa shape index (κ1) is 22.0. The van der Waals surface area contributed by atoms with Crippen LogP contribution < -0.4 is 0 Å². The van der Waals surface area contributed by atoms with Crippen molar-refractivity contribution in [3.63, 3.8) is 0 Å². The summed E-state index contributed by atoms with van der Waals surface area (Å²) in [5.74, 6) is -7.25. The SMILES string of the molecule is CC(=O)N1CCN(S(=O)(=O)C(F)(F)C(F)(F)C(F)(F)S(C)(=O)=O)CC1. The molecule has 1 rings (SSSR count). The summed E-state index contributed by atoms with van der Waals surface area (Å²) in [6, 6.07) is 0. The van der Waals surface area contributed by atoms with Crippen LogP contribution in [0.1, 0.15) is 6.92 Å². The van der Waals surface area contributed by atoms with Crippen LogP contribution in [0.3, 0.4) is 0 Å². The summed E-state index contributed by atoms with van der Waals surface area (Å²) in [5.41, 5.74) is 0. The predicted molar refractivity (Wildman–Crippen MR) is 72.4 cm³/mol. The van der Waals surface area contributed by atoms with Gasteiger partial charge in [0.2, 0.25) is 15.7 Å². The van der Waals surface area contributed by atoms with Gasteiger partial charge in [0.25, 0.3) is 10.0 Å². The normalized spacial score (nSPS) is 19.1. The van der Waals surface area contributed by atoms with Gasteiger partial charge in [0.15, 0.2) is 0 Å². The lowest BCUT2D eigenvalue weighted by atomic mass is 10.3. The van der Waals surface area contributed by atoms with Gasteiger partial charge in [-0.05, 0) is 0 Å². The van der Waals surface area contributed by atoms with E-state index in [2.05, 4.69) is 0 Å². The monoisotopic (exact) mass is 420 g/mol. The quantitative estimate of drug-likeness (QED) is 0.599. The Hall–Kier alpha value is -1.09. The molecule has 0 radical (unpaired) electrons. The third-order valence-electron chi connectivity index (χ3n) is 3.54. The number of sulfone groups is 1. The lowest BCUT2D eigenvalue weighted by molar-refractivity contribution is -0.244. The molecule has 25 heavy (non-hydrogen) atoms. The van der Waals surface area contributed by atoms with Crippen LogP contribution in [0.25, 0.3) is 0 Å². The van der Waals surface area contributed by atoms with E-state index in [0.29, 0.717) is 0 Å². The van der Waals surface area contributed by atoms with Gasteiger partial charge in [0.05, 0.1) is 0 Å². The molecule has 0 aromatic heterocycles. The number of sulfonamides is 1. The fraction of sp³-hybridized carbons (Fsp3) is 0.900. The molecule has 15 heteroatoms.